The van der Waals surface area contributed by atoms with Crippen molar-refractivity contribution in [2.24, 2.45) is 0 Å². The van der Waals surface area contributed by atoms with Crippen LogP contribution in [0.2, 0.25) is 0 Å². The minimum absolute atomic E-state index is 0.253. The molecule has 0 unspecified atom stereocenters. The molecular formula is C13H13BrFN3. The van der Waals surface area contributed by atoms with Gasteiger partial charge in [-0.2, -0.15) is 0 Å². The van der Waals surface area contributed by atoms with Crippen molar-refractivity contribution >= 4 is 21.9 Å². The smallest absolute Gasteiger partial charge is 0.223 e. The zero-order valence-corrected chi connectivity index (χ0v) is 11.8. The minimum Gasteiger partial charge on any atom is -0.350 e. The molecule has 0 saturated heterocycles. The van der Waals surface area contributed by atoms with Gasteiger partial charge in [0.15, 0.2) is 0 Å². The molecule has 0 radical (unpaired) electrons. The molecule has 0 aliphatic carbocycles. The van der Waals surface area contributed by atoms with E-state index in [2.05, 4.69) is 31.2 Å². The number of aromatic nitrogens is 2. The van der Waals surface area contributed by atoms with Crippen LogP contribution in [0.1, 0.15) is 17.0 Å². The van der Waals surface area contributed by atoms with E-state index in [-0.39, 0.29) is 5.82 Å². The number of rotatable bonds is 3. The first-order valence-corrected chi connectivity index (χ1v) is 6.34. The molecule has 0 saturated carbocycles. The van der Waals surface area contributed by atoms with Crippen molar-refractivity contribution in [3.05, 3.63) is 51.5 Å². The van der Waals surface area contributed by atoms with Crippen LogP contribution in [0.15, 0.2) is 28.7 Å². The molecule has 5 heteroatoms. The van der Waals surface area contributed by atoms with Gasteiger partial charge in [-0.3, -0.25) is 0 Å². The van der Waals surface area contributed by atoms with Gasteiger partial charge in [0, 0.05) is 22.4 Å². The van der Waals surface area contributed by atoms with Crippen LogP contribution in [-0.4, -0.2) is 9.97 Å². The first-order valence-electron chi connectivity index (χ1n) is 5.54. The van der Waals surface area contributed by atoms with Crippen LogP contribution in [0.5, 0.6) is 0 Å². The lowest BCUT2D eigenvalue weighted by atomic mass is 10.2. The van der Waals surface area contributed by atoms with E-state index in [0.717, 1.165) is 21.4 Å². The van der Waals surface area contributed by atoms with Crippen LogP contribution < -0.4 is 5.32 Å². The van der Waals surface area contributed by atoms with Crippen molar-refractivity contribution in [1.82, 2.24) is 9.97 Å². The number of benzene rings is 1. The lowest BCUT2D eigenvalue weighted by Gasteiger charge is -2.08. The van der Waals surface area contributed by atoms with Crippen molar-refractivity contribution < 1.29 is 4.39 Å². The van der Waals surface area contributed by atoms with Crippen LogP contribution in [0, 0.1) is 19.7 Å². The molecule has 3 nitrogen and oxygen atoms in total. The van der Waals surface area contributed by atoms with Crippen molar-refractivity contribution in [2.75, 3.05) is 5.32 Å². The lowest BCUT2D eigenvalue weighted by Crippen LogP contribution is -2.06. The van der Waals surface area contributed by atoms with Gasteiger partial charge in [0.05, 0.1) is 0 Å². The Labute approximate surface area is 114 Å². The fraction of sp³-hybridized carbons (Fsp3) is 0.231. The predicted octanol–water partition coefficient (Wildman–Crippen LogP) is 3.61. The summed E-state index contributed by atoms with van der Waals surface area (Å²) in [5.41, 5.74) is 2.64. The largest absolute Gasteiger partial charge is 0.350 e. The second-order valence-corrected chi connectivity index (χ2v) is 4.92. The summed E-state index contributed by atoms with van der Waals surface area (Å²) in [5, 5.41) is 3.09. The molecule has 1 aromatic carbocycles. The van der Waals surface area contributed by atoms with Crippen LogP contribution in [-0.2, 0) is 6.54 Å². The first kappa shape index (κ1) is 13.0. The number of hydrogen-bond donors (Lipinski definition) is 1. The number of halogens is 2. The third-order valence-electron chi connectivity index (χ3n) is 2.43. The highest BCUT2D eigenvalue weighted by Crippen LogP contribution is 2.18. The molecular weight excluding hydrogens is 297 g/mol. The number of aryl methyl sites for hydroxylation is 2. The molecule has 2 aromatic rings. The summed E-state index contributed by atoms with van der Waals surface area (Å²) in [7, 11) is 0. The normalized spacial score (nSPS) is 10.4. The first-order chi connectivity index (χ1) is 8.54. The summed E-state index contributed by atoms with van der Waals surface area (Å²) >= 11 is 3.39. The van der Waals surface area contributed by atoms with E-state index in [1.54, 1.807) is 6.07 Å². The molecule has 0 atom stereocenters. The van der Waals surface area contributed by atoms with E-state index < -0.39 is 0 Å². The van der Waals surface area contributed by atoms with Gasteiger partial charge in [0.1, 0.15) is 5.82 Å². The summed E-state index contributed by atoms with van der Waals surface area (Å²) < 4.78 is 14.0. The predicted molar refractivity (Wildman–Crippen MR) is 72.9 cm³/mol. The molecule has 94 valence electrons. The second kappa shape index (κ2) is 5.44. The molecule has 0 bridgehead atoms. The van der Waals surface area contributed by atoms with E-state index in [1.165, 1.54) is 12.1 Å². The van der Waals surface area contributed by atoms with Crippen LogP contribution in [0.4, 0.5) is 10.3 Å². The molecule has 18 heavy (non-hydrogen) atoms. The minimum atomic E-state index is -0.253. The van der Waals surface area contributed by atoms with Gasteiger partial charge in [-0.1, -0.05) is 15.9 Å². The number of anilines is 1. The van der Waals surface area contributed by atoms with Gasteiger partial charge >= 0.3 is 0 Å². The van der Waals surface area contributed by atoms with Crippen LogP contribution in [0.3, 0.4) is 0 Å². The summed E-state index contributed by atoms with van der Waals surface area (Å²) in [5.74, 6) is 0.306. The molecule has 0 amide bonds. The Morgan fingerprint density at radius 3 is 2.50 bits per heavy atom. The lowest BCUT2D eigenvalue weighted by molar-refractivity contribution is 0.625. The number of nitrogens with one attached hydrogen (secondary N) is 1. The van der Waals surface area contributed by atoms with E-state index in [0.29, 0.717) is 12.5 Å². The molecule has 2 rings (SSSR count). The Kier molecular flexibility index (Phi) is 3.91. The van der Waals surface area contributed by atoms with E-state index in [1.807, 2.05) is 19.9 Å². The zero-order chi connectivity index (χ0) is 13.1. The van der Waals surface area contributed by atoms with Gasteiger partial charge in [0.2, 0.25) is 5.95 Å². The Hall–Kier alpha value is -1.49. The average Bonchev–Trinajstić information content (AvgIpc) is 2.29. The maximum absolute atomic E-state index is 13.1. The fourth-order valence-corrected chi connectivity index (χ4v) is 2.04. The number of nitrogens with zero attached hydrogens (tertiary/aromatic N) is 2. The third-order valence-corrected chi connectivity index (χ3v) is 3.20. The van der Waals surface area contributed by atoms with Gasteiger partial charge in [0.25, 0.3) is 0 Å². The highest BCUT2D eigenvalue weighted by Gasteiger charge is 2.03. The van der Waals surface area contributed by atoms with Crippen LogP contribution >= 0.6 is 15.9 Å². The van der Waals surface area contributed by atoms with Gasteiger partial charge in [-0.05, 0) is 43.7 Å². The quantitative estimate of drug-likeness (QED) is 0.941. The highest BCUT2D eigenvalue weighted by molar-refractivity contribution is 9.10. The Bertz CT molecular complexity index is 552. The van der Waals surface area contributed by atoms with Crippen molar-refractivity contribution in [3.8, 4) is 0 Å². The molecule has 0 spiro atoms. The highest BCUT2D eigenvalue weighted by atomic mass is 79.9. The maximum atomic E-state index is 13.1. The topological polar surface area (TPSA) is 37.8 Å². The van der Waals surface area contributed by atoms with Gasteiger partial charge in [-0.25, -0.2) is 14.4 Å². The third kappa shape index (κ3) is 3.26. The van der Waals surface area contributed by atoms with Crippen molar-refractivity contribution in [3.63, 3.8) is 0 Å². The van der Waals surface area contributed by atoms with E-state index >= 15 is 0 Å². The van der Waals surface area contributed by atoms with Gasteiger partial charge in [-0.15, -0.1) is 0 Å². The fourth-order valence-electron chi connectivity index (χ4n) is 1.66. The molecule has 0 aliphatic heterocycles. The SMILES string of the molecule is Cc1cc(C)nc(NCc2cc(F)ccc2Br)n1. The Morgan fingerprint density at radius 2 is 1.83 bits per heavy atom. The average molecular weight is 310 g/mol. The molecule has 1 heterocycles. The maximum Gasteiger partial charge on any atom is 0.223 e. The zero-order valence-electron chi connectivity index (χ0n) is 10.2. The Balaban J connectivity index is 2.13. The molecule has 1 aromatic heterocycles. The van der Waals surface area contributed by atoms with Crippen LogP contribution in [0.25, 0.3) is 0 Å². The monoisotopic (exact) mass is 309 g/mol. The second-order valence-electron chi connectivity index (χ2n) is 4.06. The molecule has 0 fully saturated rings. The Morgan fingerprint density at radius 1 is 1.17 bits per heavy atom. The molecule has 1 N–H and O–H groups in total. The van der Waals surface area contributed by atoms with Crippen molar-refractivity contribution in [2.45, 2.75) is 20.4 Å². The van der Waals surface area contributed by atoms with Gasteiger partial charge < -0.3 is 5.32 Å². The standard InChI is InChI=1S/C13H13BrFN3/c1-8-5-9(2)18-13(17-8)16-7-10-6-11(15)3-4-12(10)14/h3-6H,7H2,1-2H3,(H,16,17,18). The summed E-state index contributed by atoms with van der Waals surface area (Å²) in [6.45, 7) is 4.30. The van der Waals surface area contributed by atoms with E-state index in [4.69, 9.17) is 0 Å². The number of hydrogen-bond acceptors (Lipinski definition) is 3. The summed E-state index contributed by atoms with van der Waals surface area (Å²) in [4.78, 5) is 8.54. The van der Waals surface area contributed by atoms with E-state index in [9.17, 15) is 4.39 Å². The summed E-state index contributed by atoms with van der Waals surface area (Å²) in [6, 6.07) is 6.50. The summed E-state index contributed by atoms with van der Waals surface area (Å²) in [6.07, 6.45) is 0. The molecule has 0 aliphatic rings. The van der Waals surface area contributed by atoms with Crippen molar-refractivity contribution in [1.29, 1.82) is 0 Å².